The van der Waals surface area contributed by atoms with E-state index in [1.807, 2.05) is 12.1 Å². The van der Waals surface area contributed by atoms with Crippen LogP contribution in [0.1, 0.15) is 37.7 Å². The van der Waals surface area contributed by atoms with E-state index in [9.17, 15) is 13.2 Å². The molecule has 3 unspecified atom stereocenters. The molecule has 0 spiro atoms. The van der Waals surface area contributed by atoms with Gasteiger partial charge in [0.05, 0.1) is 10.6 Å². The number of rotatable bonds is 1. The first-order valence-corrected chi connectivity index (χ1v) is 8.48. The van der Waals surface area contributed by atoms with E-state index in [1.54, 1.807) is 12.1 Å². The fourth-order valence-corrected chi connectivity index (χ4v) is 5.39. The number of carbonyl (C=O) groups is 1. The monoisotopic (exact) mass is 278 g/mol. The third-order valence-corrected chi connectivity index (χ3v) is 6.33. The van der Waals surface area contributed by atoms with Crippen molar-refractivity contribution >= 4 is 15.6 Å². The molecule has 1 fully saturated rings. The van der Waals surface area contributed by atoms with Gasteiger partial charge >= 0.3 is 0 Å². The summed E-state index contributed by atoms with van der Waals surface area (Å²) >= 11 is 0. The van der Waals surface area contributed by atoms with Gasteiger partial charge in [0.25, 0.3) is 0 Å². The first kappa shape index (κ1) is 12.9. The predicted octanol–water partition coefficient (Wildman–Crippen LogP) is 2.56. The summed E-state index contributed by atoms with van der Waals surface area (Å²) in [6.07, 6.45) is 2.37. The van der Waals surface area contributed by atoms with Crippen molar-refractivity contribution in [1.82, 2.24) is 0 Å². The summed E-state index contributed by atoms with van der Waals surface area (Å²) in [6, 6.07) is 7.16. The van der Waals surface area contributed by atoms with Crippen LogP contribution in [0.4, 0.5) is 0 Å². The number of sulfone groups is 1. The molecule has 1 aliphatic carbocycles. The van der Waals surface area contributed by atoms with Gasteiger partial charge in [-0.2, -0.15) is 0 Å². The maximum Gasteiger partial charge on any atom is 0.179 e. The third-order valence-electron chi connectivity index (χ3n) is 4.49. The van der Waals surface area contributed by atoms with Crippen molar-refractivity contribution in [2.24, 2.45) is 11.8 Å². The minimum absolute atomic E-state index is 0.107. The molecule has 0 saturated heterocycles. The van der Waals surface area contributed by atoms with E-state index in [2.05, 4.69) is 6.92 Å². The SMILES string of the molecule is CC1CCC(=O)C(C2CS(=O)(=O)c3ccccc32)C1. The molecule has 0 radical (unpaired) electrons. The number of hydrogen-bond donors (Lipinski definition) is 0. The molecule has 102 valence electrons. The number of carbonyl (C=O) groups excluding carboxylic acids is 1. The third kappa shape index (κ3) is 2.12. The number of hydrogen-bond acceptors (Lipinski definition) is 3. The summed E-state index contributed by atoms with van der Waals surface area (Å²) in [5.41, 5.74) is 0.856. The minimum atomic E-state index is -3.20. The molecule has 0 aromatic heterocycles. The highest BCUT2D eigenvalue weighted by atomic mass is 32.2. The van der Waals surface area contributed by atoms with Gasteiger partial charge in [0, 0.05) is 18.3 Å². The van der Waals surface area contributed by atoms with Crippen LogP contribution in [0.5, 0.6) is 0 Å². The van der Waals surface area contributed by atoms with Crippen LogP contribution in [0.3, 0.4) is 0 Å². The van der Waals surface area contributed by atoms with Crippen molar-refractivity contribution in [3.8, 4) is 0 Å². The highest BCUT2D eigenvalue weighted by Crippen LogP contribution is 2.44. The number of benzene rings is 1. The summed E-state index contributed by atoms with van der Waals surface area (Å²) in [5.74, 6) is 0.627. The lowest BCUT2D eigenvalue weighted by molar-refractivity contribution is -0.126. The van der Waals surface area contributed by atoms with Gasteiger partial charge in [-0.05, 0) is 30.4 Å². The molecular formula is C15H18O3S. The summed E-state index contributed by atoms with van der Waals surface area (Å²) < 4.78 is 24.4. The van der Waals surface area contributed by atoms with E-state index in [0.29, 0.717) is 17.2 Å². The zero-order valence-corrected chi connectivity index (χ0v) is 11.8. The Labute approximate surface area is 113 Å². The van der Waals surface area contributed by atoms with Crippen molar-refractivity contribution in [3.63, 3.8) is 0 Å². The lowest BCUT2D eigenvalue weighted by Crippen LogP contribution is -2.29. The average molecular weight is 278 g/mol. The Kier molecular flexibility index (Phi) is 3.01. The Morgan fingerprint density at radius 2 is 1.89 bits per heavy atom. The largest absolute Gasteiger partial charge is 0.299 e. The normalized spacial score (nSPS) is 33.1. The molecule has 3 rings (SSSR count). The highest BCUT2D eigenvalue weighted by Gasteiger charge is 2.42. The zero-order valence-electron chi connectivity index (χ0n) is 11.0. The van der Waals surface area contributed by atoms with Crippen LogP contribution in [0.25, 0.3) is 0 Å². The van der Waals surface area contributed by atoms with E-state index in [4.69, 9.17) is 0 Å². The Bertz CT molecular complexity index is 618. The summed E-state index contributed by atoms with van der Waals surface area (Å²) in [5, 5.41) is 0. The Morgan fingerprint density at radius 3 is 2.68 bits per heavy atom. The van der Waals surface area contributed by atoms with Crippen molar-refractivity contribution in [1.29, 1.82) is 0 Å². The van der Waals surface area contributed by atoms with Gasteiger partial charge in [-0.15, -0.1) is 0 Å². The molecule has 1 aromatic carbocycles. The van der Waals surface area contributed by atoms with Gasteiger partial charge in [-0.1, -0.05) is 25.1 Å². The first-order valence-electron chi connectivity index (χ1n) is 6.83. The molecule has 1 saturated carbocycles. The molecule has 1 heterocycles. The Balaban J connectivity index is 2.01. The molecular weight excluding hydrogens is 260 g/mol. The Morgan fingerprint density at radius 1 is 1.16 bits per heavy atom. The second kappa shape index (κ2) is 4.44. The molecule has 3 atom stereocenters. The second-order valence-electron chi connectivity index (χ2n) is 5.88. The van der Waals surface area contributed by atoms with Crippen molar-refractivity contribution in [2.45, 2.75) is 37.0 Å². The van der Waals surface area contributed by atoms with Gasteiger partial charge in [0.2, 0.25) is 0 Å². The molecule has 0 bridgehead atoms. The topological polar surface area (TPSA) is 51.2 Å². The van der Waals surface area contributed by atoms with Gasteiger partial charge in [0.15, 0.2) is 9.84 Å². The predicted molar refractivity (Wildman–Crippen MR) is 72.7 cm³/mol. The maximum atomic E-state index is 12.2. The average Bonchev–Trinajstić information content (AvgIpc) is 2.65. The van der Waals surface area contributed by atoms with Crippen LogP contribution in [0.15, 0.2) is 29.2 Å². The van der Waals surface area contributed by atoms with Gasteiger partial charge in [-0.3, -0.25) is 4.79 Å². The highest BCUT2D eigenvalue weighted by molar-refractivity contribution is 7.91. The van der Waals surface area contributed by atoms with E-state index in [-0.39, 0.29) is 23.4 Å². The van der Waals surface area contributed by atoms with Crippen molar-refractivity contribution in [2.75, 3.05) is 5.75 Å². The van der Waals surface area contributed by atoms with E-state index < -0.39 is 9.84 Å². The molecule has 3 nitrogen and oxygen atoms in total. The van der Waals surface area contributed by atoms with Crippen LogP contribution in [0.2, 0.25) is 0 Å². The fourth-order valence-electron chi connectivity index (χ4n) is 3.46. The van der Waals surface area contributed by atoms with Gasteiger partial charge in [-0.25, -0.2) is 8.42 Å². The molecule has 2 aliphatic rings. The second-order valence-corrected chi connectivity index (χ2v) is 7.88. The first-order chi connectivity index (χ1) is 8.99. The van der Waals surface area contributed by atoms with Crippen LogP contribution in [-0.4, -0.2) is 20.0 Å². The Hall–Kier alpha value is -1.16. The van der Waals surface area contributed by atoms with E-state index in [1.165, 1.54) is 0 Å². The lowest BCUT2D eigenvalue weighted by atomic mass is 9.73. The molecule has 1 aliphatic heterocycles. The van der Waals surface area contributed by atoms with Crippen molar-refractivity contribution < 1.29 is 13.2 Å². The van der Waals surface area contributed by atoms with Crippen LogP contribution >= 0.6 is 0 Å². The molecule has 0 amide bonds. The van der Waals surface area contributed by atoms with Crippen LogP contribution in [0, 0.1) is 11.8 Å². The quantitative estimate of drug-likeness (QED) is 0.793. The van der Waals surface area contributed by atoms with Crippen LogP contribution < -0.4 is 0 Å². The van der Waals surface area contributed by atoms with Crippen molar-refractivity contribution in [3.05, 3.63) is 29.8 Å². The number of fused-ring (bicyclic) bond motifs is 1. The summed E-state index contributed by atoms with van der Waals surface area (Å²) in [4.78, 5) is 12.6. The van der Waals surface area contributed by atoms with Gasteiger partial charge < -0.3 is 0 Å². The lowest BCUT2D eigenvalue weighted by Gasteiger charge is -2.29. The zero-order chi connectivity index (χ0) is 13.6. The van der Waals surface area contributed by atoms with Gasteiger partial charge in [0.1, 0.15) is 5.78 Å². The fraction of sp³-hybridized carbons (Fsp3) is 0.533. The molecule has 19 heavy (non-hydrogen) atoms. The van der Waals surface area contributed by atoms with E-state index >= 15 is 0 Å². The molecule has 1 aromatic rings. The number of ketones is 1. The molecule has 0 N–H and O–H groups in total. The smallest absolute Gasteiger partial charge is 0.179 e. The van der Waals surface area contributed by atoms with Crippen LogP contribution in [-0.2, 0) is 14.6 Å². The maximum absolute atomic E-state index is 12.2. The molecule has 4 heteroatoms. The van der Waals surface area contributed by atoms with E-state index in [0.717, 1.165) is 18.4 Å². The summed E-state index contributed by atoms with van der Waals surface area (Å²) in [7, 11) is -3.20. The summed E-state index contributed by atoms with van der Waals surface area (Å²) in [6.45, 7) is 2.15. The standard InChI is InChI=1S/C15H18O3S/c1-10-6-7-14(16)12(8-10)13-9-19(17,18)15-5-3-2-4-11(13)15/h2-5,10,12-13H,6-9H2,1H3. The minimum Gasteiger partial charge on any atom is -0.299 e. The number of Topliss-reactive ketones (excluding diaryl/α,β-unsaturated/α-hetero) is 1.